The Morgan fingerprint density at radius 1 is 0.292 bits per heavy atom. The number of allylic oxidation sites excluding steroid dienone is 14. The summed E-state index contributed by atoms with van der Waals surface area (Å²) in [5.41, 5.74) is 0. The van der Waals surface area contributed by atoms with Crippen molar-refractivity contribution in [3.63, 3.8) is 0 Å². The highest BCUT2D eigenvalue weighted by Crippen LogP contribution is 2.15. The van der Waals surface area contributed by atoms with Gasteiger partial charge in [0.05, 0.1) is 0 Å². The van der Waals surface area contributed by atoms with Gasteiger partial charge in [-0.1, -0.05) is 247 Å². The molecule has 1 unspecified atom stereocenters. The molecular formula is C66H114O6. The van der Waals surface area contributed by atoms with Gasteiger partial charge in [-0.25, -0.2) is 0 Å². The van der Waals surface area contributed by atoms with Gasteiger partial charge in [0.15, 0.2) is 6.10 Å². The zero-order valence-electron chi connectivity index (χ0n) is 47.4. The Kier molecular flexibility index (Phi) is 57.3. The third-order valence-electron chi connectivity index (χ3n) is 13.1. The van der Waals surface area contributed by atoms with Gasteiger partial charge < -0.3 is 14.2 Å². The molecular weight excluding hydrogens is 889 g/mol. The molecule has 0 bridgehead atoms. The van der Waals surface area contributed by atoms with E-state index >= 15 is 0 Å². The second-order valence-electron chi connectivity index (χ2n) is 20.2. The Morgan fingerprint density at radius 3 is 0.903 bits per heavy atom. The van der Waals surface area contributed by atoms with Crippen LogP contribution in [0.1, 0.15) is 297 Å². The summed E-state index contributed by atoms with van der Waals surface area (Å²) >= 11 is 0. The number of carbonyl (C=O) groups excluding carboxylic acids is 3. The van der Waals surface area contributed by atoms with Crippen molar-refractivity contribution in [2.75, 3.05) is 13.2 Å². The maximum Gasteiger partial charge on any atom is 0.306 e. The lowest BCUT2D eigenvalue weighted by Gasteiger charge is -2.18. The monoisotopic (exact) mass is 1000 g/mol. The minimum Gasteiger partial charge on any atom is -0.462 e. The molecule has 0 spiro atoms. The molecule has 0 saturated carbocycles. The molecule has 0 saturated heterocycles. The van der Waals surface area contributed by atoms with E-state index in [9.17, 15) is 14.4 Å². The molecule has 0 aromatic heterocycles. The third-order valence-corrected chi connectivity index (χ3v) is 13.1. The lowest BCUT2D eigenvalue weighted by atomic mass is 10.0. The summed E-state index contributed by atoms with van der Waals surface area (Å²) in [4.78, 5) is 38.2. The van der Waals surface area contributed by atoms with Gasteiger partial charge in [0, 0.05) is 19.3 Å². The summed E-state index contributed by atoms with van der Waals surface area (Å²) in [6.45, 7) is 6.48. The lowest BCUT2D eigenvalue weighted by molar-refractivity contribution is -0.167. The van der Waals surface area contributed by atoms with E-state index in [4.69, 9.17) is 14.2 Å². The first kappa shape index (κ1) is 68.6. The third kappa shape index (κ3) is 57.5. The number of esters is 3. The van der Waals surface area contributed by atoms with Crippen LogP contribution in [-0.2, 0) is 28.6 Å². The van der Waals surface area contributed by atoms with Crippen molar-refractivity contribution in [2.45, 2.75) is 303 Å². The van der Waals surface area contributed by atoms with Gasteiger partial charge in [-0.15, -0.1) is 0 Å². The zero-order chi connectivity index (χ0) is 52.2. The van der Waals surface area contributed by atoms with Crippen molar-refractivity contribution in [3.05, 3.63) is 85.1 Å². The topological polar surface area (TPSA) is 78.9 Å². The normalized spacial score (nSPS) is 12.7. The Bertz CT molecular complexity index is 1380. The molecule has 6 nitrogen and oxygen atoms in total. The molecule has 6 heteroatoms. The maximum atomic E-state index is 12.9. The lowest BCUT2D eigenvalue weighted by Crippen LogP contribution is -2.30. The summed E-state index contributed by atoms with van der Waals surface area (Å²) < 4.78 is 16.9. The van der Waals surface area contributed by atoms with E-state index in [0.717, 1.165) is 109 Å². The zero-order valence-corrected chi connectivity index (χ0v) is 47.4. The molecule has 0 aliphatic rings. The van der Waals surface area contributed by atoms with Crippen molar-refractivity contribution in [3.8, 4) is 0 Å². The summed E-state index contributed by atoms with van der Waals surface area (Å²) in [5, 5.41) is 0. The first-order chi connectivity index (χ1) is 35.5. The van der Waals surface area contributed by atoms with Gasteiger partial charge in [-0.3, -0.25) is 14.4 Å². The molecule has 0 aliphatic heterocycles. The molecule has 414 valence electrons. The van der Waals surface area contributed by atoms with Crippen LogP contribution in [0.25, 0.3) is 0 Å². The van der Waals surface area contributed by atoms with Crippen LogP contribution in [0.15, 0.2) is 85.1 Å². The average molecular weight is 1000 g/mol. The highest BCUT2D eigenvalue weighted by atomic mass is 16.6. The van der Waals surface area contributed by atoms with E-state index in [-0.39, 0.29) is 31.1 Å². The van der Waals surface area contributed by atoms with E-state index < -0.39 is 6.10 Å². The summed E-state index contributed by atoms with van der Waals surface area (Å²) in [6, 6.07) is 0. The highest BCUT2D eigenvalue weighted by molar-refractivity contribution is 5.71. The van der Waals surface area contributed by atoms with E-state index in [0.29, 0.717) is 19.3 Å². The summed E-state index contributed by atoms with van der Waals surface area (Å²) in [7, 11) is 0. The van der Waals surface area contributed by atoms with E-state index in [1.807, 2.05) is 0 Å². The van der Waals surface area contributed by atoms with Crippen molar-refractivity contribution in [1.29, 1.82) is 0 Å². The minimum absolute atomic E-state index is 0.0952. The second kappa shape index (κ2) is 60.1. The molecule has 72 heavy (non-hydrogen) atoms. The Labute approximate surface area is 445 Å². The summed E-state index contributed by atoms with van der Waals surface area (Å²) in [6.07, 6.45) is 78.7. The Hall–Kier alpha value is -3.41. The molecule has 0 amide bonds. The first-order valence-corrected chi connectivity index (χ1v) is 30.6. The second-order valence-corrected chi connectivity index (χ2v) is 20.2. The number of hydrogen-bond donors (Lipinski definition) is 0. The van der Waals surface area contributed by atoms with Crippen molar-refractivity contribution >= 4 is 17.9 Å². The van der Waals surface area contributed by atoms with E-state index in [1.54, 1.807) is 0 Å². The average Bonchev–Trinajstić information content (AvgIpc) is 3.38. The van der Waals surface area contributed by atoms with Gasteiger partial charge in [0.1, 0.15) is 13.2 Å². The van der Waals surface area contributed by atoms with E-state index in [2.05, 4.69) is 106 Å². The molecule has 0 aliphatic carbocycles. The molecule has 0 fully saturated rings. The number of ether oxygens (including phenoxy) is 3. The molecule has 0 radical (unpaired) electrons. The maximum absolute atomic E-state index is 12.9. The predicted molar refractivity (Wildman–Crippen MR) is 311 cm³/mol. The quantitative estimate of drug-likeness (QED) is 0.0261. The molecule has 0 aromatic carbocycles. The van der Waals surface area contributed by atoms with Gasteiger partial charge >= 0.3 is 17.9 Å². The highest BCUT2D eigenvalue weighted by Gasteiger charge is 2.19. The predicted octanol–water partition coefficient (Wildman–Crippen LogP) is 20.7. The molecule has 0 N–H and O–H groups in total. The van der Waals surface area contributed by atoms with Gasteiger partial charge in [0.25, 0.3) is 0 Å². The van der Waals surface area contributed by atoms with Crippen LogP contribution in [0.4, 0.5) is 0 Å². The van der Waals surface area contributed by atoms with Crippen LogP contribution in [-0.4, -0.2) is 37.2 Å². The molecule has 0 rings (SSSR count). The molecule has 0 heterocycles. The van der Waals surface area contributed by atoms with Crippen molar-refractivity contribution < 1.29 is 28.6 Å². The van der Waals surface area contributed by atoms with Gasteiger partial charge in [0.2, 0.25) is 0 Å². The standard InChI is InChI=1S/C66H114O6/c1-4-7-10-13-16-19-22-25-28-30-31-32-33-34-35-36-39-41-44-47-50-53-56-59-65(68)71-62-63(61-70-64(67)58-55-52-49-46-43-40-37-27-24-21-18-15-12-9-6-3)72-66(69)60-57-54-51-48-45-42-38-29-26-23-20-17-14-11-8-5-2/h9,12,18,20-21,23,27,29-31,37-38,43,46,63H,4-8,10-11,13-17,19,22,24-26,28,32-36,39-42,44-45,47-62H2,1-3H3/b12-9-,21-18-,23-20-,31-30-,37-27-,38-29-,46-43-. The first-order valence-electron chi connectivity index (χ1n) is 30.6. The van der Waals surface area contributed by atoms with Crippen LogP contribution in [0, 0.1) is 0 Å². The Morgan fingerprint density at radius 2 is 0.542 bits per heavy atom. The fourth-order valence-corrected chi connectivity index (χ4v) is 8.52. The van der Waals surface area contributed by atoms with E-state index in [1.165, 1.54) is 148 Å². The SMILES string of the molecule is CC/C=C\C/C=C\C/C=C\C/C=C\CCCCC(=O)OCC(COC(=O)CCCCCCCCCCCCC/C=C\CCCCCCCCCC)OC(=O)CCCCCCC/C=C\C/C=C\CCCCCC. The van der Waals surface area contributed by atoms with Crippen molar-refractivity contribution in [1.82, 2.24) is 0 Å². The summed E-state index contributed by atoms with van der Waals surface area (Å²) in [5.74, 6) is -0.945. The van der Waals surface area contributed by atoms with Gasteiger partial charge in [-0.05, 0) is 116 Å². The van der Waals surface area contributed by atoms with Crippen LogP contribution in [0.2, 0.25) is 0 Å². The minimum atomic E-state index is -0.802. The fourth-order valence-electron chi connectivity index (χ4n) is 8.52. The van der Waals surface area contributed by atoms with Crippen LogP contribution in [0.3, 0.4) is 0 Å². The van der Waals surface area contributed by atoms with Crippen LogP contribution in [0.5, 0.6) is 0 Å². The fraction of sp³-hybridized carbons (Fsp3) is 0.742. The number of hydrogen-bond acceptors (Lipinski definition) is 6. The number of carbonyl (C=O) groups is 3. The molecule has 1 atom stereocenters. The molecule has 0 aromatic rings. The van der Waals surface area contributed by atoms with Gasteiger partial charge in [-0.2, -0.15) is 0 Å². The smallest absolute Gasteiger partial charge is 0.306 e. The van der Waals surface area contributed by atoms with Crippen LogP contribution < -0.4 is 0 Å². The number of unbranched alkanes of at least 4 members (excludes halogenated alkanes) is 30. The number of rotatable bonds is 55. The Balaban J connectivity index is 4.38. The van der Waals surface area contributed by atoms with Crippen LogP contribution >= 0.6 is 0 Å². The largest absolute Gasteiger partial charge is 0.462 e. The van der Waals surface area contributed by atoms with Crippen molar-refractivity contribution in [2.24, 2.45) is 0 Å².